The molecule has 2 heterocycles. The third kappa shape index (κ3) is 2.45. The van der Waals surface area contributed by atoms with Crippen LogP contribution in [0.2, 0.25) is 0 Å². The fourth-order valence-corrected chi connectivity index (χ4v) is 2.47. The molecule has 2 aliphatic rings. The fraction of sp³-hybridized carbons (Fsp3) is 0.900. The van der Waals surface area contributed by atoms with Crippen LogP contribution in [-0.4, -0.2) is 68.2 Å². The van der Waals surface area contributed by atoms with E-state index in [-0.39, 0.29) is 0 Å². The Morgan fingerprint density at radius 3 is 2.75 bits per heavy atom. The van der Waals surface area contributed by atoms with E-state index in [4.69, 9.17) is 10.6 Å². The average Bonchev–Trinajstić information content (AvgIpc) is 2.81. The molecule has 0 aliphatic carbocycles. The first-order valence-corrected chi connectivity index (χ1v) is 5.85. The van der Waals surface area contributed by atoms with Crippen LogP contribution in [0.5, 0.6) is 0 Å². The molecule has 0 amide bonds. The van der Waals surface area contributed by atoms with Crippen molar-refractivity contribution in [3.63, 3.8) is 0 Å². The predicted molar refractivity (Wildman–Crippen MR) is 63.1 cm³/mol. The SMILES string of the molecule is CN=C(NN)N1CCC(N2CCOCC2)C1. The monoisotopic (exact) mass is 227 g/mol. The van der Waals surface area contributed by atoms with Crippen molar-refractivity contribution in [2.45, 2.75) is 12.5 Å². The number of ether oxygens (including phenoxy) is 1. The van der Waals surface area contributed by atoms with E-state index in [2.05, 4.69) is 20.2 Å². The van der Waals surface area contributed by atoms with Crippen LogP contribution in [-0.2, 0) is 4.74 Å². The summed E-state index contributed by atoms with van der Waals surface area (Å²) >= 11 is 0. The summed E-state index contributed by atoms with van der Waals surface area (Å²) in [5, 5.41) is 0. The Kier molecular flexibility index (Phi) is 3.98. The summed E-state index contributed by atoms with van der Waals surface area (Å²) in [6, 6.07) is 0.619. The number of rotatable bonds is 1. The lowest BCUT2D eigenvalue weighted by molar-refractivity contribution is 0.0195. The Hall–Kier alpha value is -0.850. The van der Waals surface area contributed by atoms with Gasteiger partial charge in [0.05, 0.1) is 13.2 Å². The molecule has 2 saturated heterocycles. The molecular formula is C10H21N5O. The highest BCUT2D eigenvalue weighted by Crippen LogP contribution is 2.16. The predicted octanol–water partition coefficient (Wildman–Crippen LogP) is -1.16. The Morgan fingerprint density at radius 2 is 2.12 bits per heavy atom. The van der Waals surface area contributed by atoms with Crippen molar-refractivity contribution in [1.29, 1.82) is 0 Å². The maximum absolute atomic E-state index is 5.43. The van der Waals surface area contributed by atoms with Crippen LogP contribution in [0.15, 0.2) is 4.99 Å². The van der Waals surface area contributed by atoms with Gasteiger partial charge in [0.1, 0.15) is 0 Å². The highest BCUT2D eigenvalue weighted by molar-refractivity contribution is 5.79. The second-order valence-electron chi connectivity index (χ2n) is 4.23. The molecule has 0 aromatic carbocycles. The molecule has 2 fully saturated rings. The summed E-state index contributed by atoms with van der Waals surface area (Å²) in [5.74, 6) is 6.22. The van der Waals surface area contributed by atoms with E-state index in [9.17, 15) is 0 Å². The van der Waals surface area contributed by atoms with Crippen LogP contribution in [0.1, 0.15) is 6.42 Å². The Morgan fingerprint density at radius 1 is 1.38 bits per heavy atom. The molecule has 1 atom stereocenters. The van der Waals surface area contributed by atoms with Crippen LogP contribution >= 0.6 is 0 Å². The first kappa shape index (κ1) is 11.6. The van der Waals surface area contributed by atoms with Gasteiger partial charge in [0.2, 0.25) is 5.96 Å². The number of nitrogens with one attached hydrogen (secondary N) is 1. The van der Waals surface area contributed by atoms with Gasteiger partial charge in [-0.05, 0) is 6.42 Å². The smallest absolute Gasteiger partial charge is 0.208 e. The number of nitrogens with two attached hydrogens (primary N) is 1. The molecule has 92 valence electrons. The van der Waals surface area contributed by atoms with E-state index >= 15 is 0 Å². The standard InChI is InChI=1S/C10H21N5O/c1-12-10(13-11)15-3-2-9(8-15)14-4-6-16-7-5-14/h9H,2-8,11H2,1H3,(H,12,13). The van der Waals surface area contributed by atoms with Crippen molar-refractivity contribution in [2.24, 2.45) is 10.8 Å². The minimum atomic E-state index is 0.619. The zero-order valence-corrected chi connectivity index (χ0v) is 9.85. The lowest BCUT2D eigenvalue weighted by Crippen LogP contribution is -2.47. The van der Waals surface area contributed by atoms with E-state index in [1.165, 1.54) is 6.42 Å². The maximum Gasteiger partial charge on any atom is 0.208 e. The summed E-state index contributed by atoms with van der Waals surface area (Å²) < 4.78 is 5.36. The van der Waals surface area contributed by atoms with Gasteiger partial charge in [-0.2, -0.15) is 0 Å². The quantitative estimate of drug-likeness (QED) is 0.256. The molecule has 6 nitrogen and oxygen atoms in total. The van der Waals surface area contributed by atoms with Crippen molar-refractivity contribution in [3.8, 4) is 0 Å². The van der Waals surface area contributed by atoms with Gasteiger partial charge < -0.3 is 9.64 Å². The highest BCUT2D eigenvalue weighted by atomic mass is 16.5. The maximum atomic E-state index is 5.43. The number of morpholine rings is 1. The minimum absolute atomic E-state index is 0.619. The topological polar surface area (TPSA) is 66.1 Å². The van der Waals surface area contributed by atoms with Crippen molar-refractivity contribution >= 4 is 5.96 Å². The first-order chi connectivity index (χ1) is 7.85. The van der Waals surface area contributed by atoms with E-state index in [1.54, 1.807) is 7.05 Å². The van der Waals surface area contributed by atoms with E-state index < -0.39 is 0 Å². The fourth-order valence-electron chi connectivity index (χ4n) is 2.47. The van der Waals surface area contributed by atoms with Gasteiger partial charge in [0, 0.05) is 39.3 Å². The van der Waals surface area contributed by atoms with Crippen molar-refractivity contribution in [1.82, 2.24) is 15.2 Å². The molecule has 0 radical (unpaired) electrons. The van der Waals surface area contributed by atoms with Gasteiger partial charge in [-0.25, -0.2) is 5.84 Å². The summed E-state index contributed by atoms with van der Waals surface area (Å²) in [6.07, 6.45) is 1.18. The van der Waals surface area contributed by atoms with Gasteiger partial charge in [-0.15, -0.1) is 0 Å². The molecule has 0 aromatic rings. The van der Waals surface area contributed by atoms with Crippen molar-refractivity contribution in [2.75, 3.05) is 46.4 Å². The second-order valence-corrected chi connectivity index (χ2v) is 4.23. The lowest BCUT2D eigenvalue weighted by atomic mass is 10.2. The molecule has 6 heteroatoms. The van der Waals surface area contributed by atoms with Gasteiger partial charge in [-0.1, -0.05) is 0 Å². The summed E-state index contributed by atoms with van der Waals surface area (Å²) in [6.45, 7) is 5.86. The van der Waals surface area contributed by atoms with Crippen molar-refractivity contribution < 1.29 is 4.74 Å². The molecule has 16 heavy (non-hydrogen) atoms. The molecule has 3 N–H and O–H groups in total. The zero-order valence-electron chi connectivity index (χ0n) is 9.85. The van der Waals surface area contributed by atoms with Crippen LogP contribution in [0, 0.1) is 0 Å². The number of likely N-dealkylation sites (tertiary alicyclic amines) is 1. The molecule has 0 saturated carbocycles. The van der Waals surface area contributed by atoms with Gasteiger partial charge in [-0.3, -0.25) is 15.3 Å². The van der Waals surface area contributed by atoms with Gasteiger partial charge in [0.15, 0.2) is 0 Å². The molecule has 0 bridgehead atoms. The van der Waals surface area contributed by atoms with Crippen molar-refractivity contribution in [3.05, 3.63) is 0 Å². The zero-order chi connectivity index (χ0) is 11.4. The normalized spacial score (nSPS) is 28.5. The second kappa shape index (κ2) is 5.47. The average molecular weight is 227 g/mol. The van der Waals surface area contributed by atoms with Gasteiger partial charge >= 0.3 is 0 Å². The largest absolute Gasteiger partial charge is 0.379 e. The van der Waals surface area contributed by atoms with E-state index in [0.717, 1.165) is 45.4 Å². The van der Waals surface area contributed by atoms with Crippen LogP contribution in [0.3, 0.4) is 0 Å². The Balaban J connectivity index is 1.87. The minimum Gasteiger partial charge on any atom is -0.379 e. The number of hydrazine groups is 1. The lowest BCUT2D eigenvalue weighted by Gasteiger charge is -2.32. The third-order valence-electron chi connectivity index (χ3n) is 3.37. The Labute approximate surface area is 96.4 Å². The van der Waals surface area contributed by atoms with Gasteiger partial charge in [0.25, 0.3) is 0 Å². The highest BCUT2D eigenvalue weighted by Gasteiger charge is 2.29. The number of hydrogen-bond donors (Lipinski definition) is 2. The molecule has 2 rings (SSSR count). The summed E-state index contributed by atoms with van der Waals surface area (Å²) in [4.78, 5) is 8.85. The first-order valence-electron chi connectivity index (χ1n) is 5.85. The third-order valence-corrected chi connectivity index (χ3v) is 3.37. The number of aliphatic imine (C=N–C) groups is 1. The Bertz CT molecular complexity index is 252. The number of guanidine groups is 1. The number of nitrogens with zero attached hydrogens (tertiary/aromatic N) is 3. The van der Waals surface area contributed by atoms with E-state index in [0.29, 0.717) is 6.04 Å². The molecule has 1 unspecified atom stereocenters. The summed E-state index contributed by atoms with van der Waals surface area (Å²) in [7, 11) is 1.76. The van der Waals surface area contributed by atoms with E-state index in [1.807, 2.05) is 0 Å². The molecule has 0 spiro atoms. The van der Waals surface area contributed by atoms with Crippen LogP contribution in [0.25, 0.3) is 0 Å². The molecular weight excluding hydrogens is 206 g/mol. The molecule has 2 aliphatic heterocycles. The van der Waals surface area contributed by atoms with Crippen LogP contribution in [0.4, 0.5) is 0 Å². The summed E-state index contributed by atoms with van der Waals surface area (Å²) in [5.41, 5.74) is 2.65. The number of hydrogen-bond acceptors (Lipinski definition) is 4. The van der Waals surface area contributed by atoms with Crippen LogP contribution < -0.4 is 11.3 Å². The molecule has 0 aromatic heterocycles.